The minimum absolute atomic E-state index is 0.00365. The molecule has 0 aromatic heterocycles. The first-order valence-electron chi connectivity index (χ1n) is 26.7. The van der Waals surface area contributed by atoms with Gasteiger partial charge in [-0.1, -0.05) is 104 Å². The summed E-state index contributed by atoms with van der Waals surface area (Å²) < 4.78 is 9.41. The van der Waals surface area contributed by atoms with Crippen LogP contribution in [0.15, 0.2) is 108 Å². The van der Waals surface area contributed by atoms with Crippen molar-refractivity contribution in [3.63, 3.8) is 0 Å². The number of benzene rings is 3. The second-order valence-electron chi connectivity index (χ2n) is 23.0. The molecule has 2 heterocycles. The molecule has 5 atom stereocenters. The van der Waals surface area contributed by atoms with Gasteiger partial charge in [0.1, 0.15) is 5.54 Å². The molecule has 0 spiro atoms. The molecular formula is C61H88N8O8. The number of carboxylic acids is 1. The van der Waals surface area contributed by atoms with Gasteiger partial charge in [0.05, 0.1) is 38.0 Å². The Morgan fingerprint density at radius 3 is 1.55 bits per heavy atom. The molecule has 0 amide bonds. The minimum Gasteiger partial charge on any atom is -0.481 e. The lowest BCUT2D eigenvalue weighted by Gasteiger charge is -2.51. The van der Waals surface area contributed by atoms with Gasteiger partial charge in [0.25, 0.3) is 12.9 Å². The number of aliphatic carboxylic acids is 1. The second kappa shape index (κ2) is 31.8. The zero-order valence-corrected chi connectivity index (χ0v) is 47.8. The fourth-order valence-corrected chi connectivity index (χ4v) is 9.57. The maximum atomic E-state index is 10.7. The molecule has 0 aliphatic carbocycles. The molecule has 2 aliphatic heterocycles. The highest BCUT2D eigenvalue weighted by atomic mass is 16.7. The van der Waals surface area contributed by atoms with Gasteiger partial charge in [-0.3, -0.25) is 24.5 Å². The highest BCUT2D eigenvalue weighted by Crippen LogP contribution is 2.40. The Balaban J connectivity index is 0.000000427. The maximum absolute atomic E-state index is 10.7. The minimum atomic E-state index is -1.30. The van der Waals surface area contributed by atoms with E-state index in [-0.39, 0.29) is 73.1 Å². The molecule has 16 nitrogen and oxygen atoms in total. The lowest BCUT2D eigenvalue weighted by Crippen LogP contribution is -2.58. The van der Waals surface area contributed by atoms with Crippen LogP contribution in [-0.4, -0.2) is 97.9 Å². The molecule has 0 radical (unpaired) electrons. The van der Waals surface area contributed by atoms with Gasteiger partial charge >= 0.3 is 5.97 Å². The Kier molecular flexibility index (Phi) is 27.6. The highest BCUT2D eigenvalue weighted by Gasteiger charge is 2.43. The fourth-order valence-electron chi connectivity index (χ4n) is 9.57. The van der Waals surface area contributed by atoms with Crippen molar-refractivity contribution >= 4 is 25.0 Å². The molecule has 3 aromatic rings. The summed E-state index contributed by atoms with van der Waals surface area (Å²) in [4.78, 5) is 37.8. The summed E-state index contributed by atoms with van der Waals surface area (Å²) in [6, 6.07) is 37.0. The van der Waals surface area contributed by atoms with Crippen LogP contribution in [0.3, 0.4) is 0 Å². The molecule has 2 fully saturated rings. The van der Waals surface area contributed by atoms with Crippen molar-refractivity contribution in [3.05, 3.63) is 114 Å². The van der Waals surface area contributed by atoms with E-state index in [4.69, 9.17) is 25.2 Å². The summed E-state index contributed by atoms with van der Waals surface area (Å²) >= 11 is 0. The number of ether oxygens (including phenoxy) is 2. The monoisotopic (exact) mass is 1060 g/mol. The molecule has 0 saturated carbocycles. The van der Waals surface area contributed by atoms with Gasteiger partial charge in [-0.25, -0.2) is 0 Å². The Morgan fingerprint density at radius 1 is 0.688 bits per heavy atom. The van der Waals surface area contributed by atoms with Gasteiger partial charge in [-0.2, -0.15) is 36.1 Å². The van der Waals surface area contributed by atoms with Gasteiger partial charge in [0.15, 0.2) is 11.1 Å². The largest absolute Gasteiger partial charge is 0.481 e. The summed E-state index contributed by atoms with van der Waals surface area (Å²) in [5, 5.41) is 61.5. The number of nitrogens with zero attached hydrogens (tertiary/aromatic N) is 7. The maximum Gasteiger partial charge on any atom is 0.303 e. The van der Waals surface area contributed by atoms with Gasteiger partial charge in [0.2, 0.25) is 0 Å². The number of nitriles is 3. The number of carbonyl (C=O) groups is 3. The number of hydroxylamine groups is 4. The van der Waals surface area contributed by atoms with Crippen molar-refractivity contribution in [1.29, 1.82) is 15.8 Å². The number of azo groups is 1. The SMILES string of the molecule is C=Cc1ccccc1.CC(C#N)(CCOC=O)N=NC(C)(C#N)CCC(=O)O.CC(C#N)(CCOC=O)NC(CC(CCON1C(C)(C)CCCC1(C)C)c1ccccc1)c1ccccc1.CC1(C)CCCC(C)(C)N1O. The average molecular weight is 1060 g/mol. The third-order valence-electron chi connectivity index (χ3n) is 14.2. The topological polar surface area (TPSA) is 234 Å². The molecular weight excluding hydrogens is 973 g/mol. The van der Waals surface area contributed by atoms with Gasteiger partial charge in [-0.05, 0) is 157 Å². The molecule has 2 saturated heterocycles. The van der Waals surface area contributed by atoms with E-state index < -0.39 is 22.6 Å². The third-order valence-corrected chi connectivity index (χ3v) is 14.2. The van der Waals surface area contributed by atoms with Crippen LogP contribution in [0.2, 0.25) is 0 Å². The molecule has 5 unspecified atom stereocenters. The number of hydrogen-bond donors (Lipinski definition) is 3. The van der Waals surface area contributed by atoms with E-state index in [0.29, 0.717) is 19.5 Å². The zero-order chi connectivity index (χ0) is 57.8. The van der Waals surface area contributed by atoms with E-state index in [1.54, 1.807) is 0 Å². The molecule has 2 aliphatic rings. The first kappa shape index (κ1) is 66.8. The number of carboxylic acid groups (broad SMARTS) is 1. The van der Waals surface area contributed by atoms with Crippen molar-refractivity contribution in [2.75, 3.05) is 19.8 Å². The summed E-state index contributed by atoms with van der Waals surface area (Å²) in [5.41, 5.74) is 0.0999. The molecule has 420 valence electrons. The summed E-state index contributed by atoms with van der Waals surface area (Å²) in [6.07, 6.45) is 10.7. The third kappa shape index (κ3) is 23.4. The molecule has 3 aromatic carbocycles. The Morgan fingerprint density at radius 2 is 1.13 bits per heavy atom. The number of rotatable bonds is 24. The first-order valence-corrected chi connectivity index (χ1v) is 26.7. The lowest BCUT2D eigenvalue weighted by molar-refractivity contribution is -0.281. The van der Waals surface area contributed by atoms with Crippen molar-refractivity contribution in [2.45, 2.75) is 204 Å². The Bertz CT molecular complexity index is 2370. The normalized spacial score (nSPS) is 19.3. The van der Waals surface area contributed by atoms with E-state index in [2.05, 4.69) is 130 Å². The van der Waals surface area contributed by atoms with Crippen LogP contribution >= 0.6 is 0 Å². The van der Waals surface area contributed by atoms with E-state index in [0.717, 1.165) is 44.1 Å². The van der Waals surface area contributed by atoms with Crippen LogP contribution in [0.25, 0.3) is 6.08 Å². The first-order chi connectivity index (χ1) is 36.2. The Hall–Kier alpha value is -6.32. The summed E-state index contributed by atoms with van der Waals surface area (Å²) in [5.74, 6) is -0.816. The molecule has 16 heteroatoms. The molecule has 77 heavy (non-hydrogen) atoms. The van der Waals surface area contributed by atoms with Gasteiger partial charge in [0, 0.05) is 47.5 Å². The number of piperidine rings is 2. The highest BCUT2D eigenvalue weighted by molar-refractivity contribution is 5.66. The smallest absolute Gasteiger partial charge is 0.303 e. The second-order valence-corrected chi connectivity index (χ2v) is 23.0. The number of carbonyl (C=O) groups excluding carboxylic acids is 2. The van der Waals surface area contributed by atoms with Crippen LogP contribution in [0.5, 0.6) is 0 Å². The molecule has 3 N–H and O–H groups in total. The van der Waals surface area contributed by atoms with Crippen LogP contribution in [-0.2, 0) is 28.7 Å². The van der Waals surface area contributed by atoms with Crippen molar-refractivity contribution < 1.29 is 39.0 Å². The van der Waals surface area contributed by atoms with Crippen LogP contribution in [0, 0.1) is 34.0 Å². The van der Waals surface area contributed by atoms with Crippen molar-refractivity contribution in [3.8, 4) is 18.2 Å². The van der Waals surface area contributed by atoms with Crippen LogP contribution in [0.1, 0.15) is 182 Å². The molecule has 5 rings (SSSR count). The fraction of sp³-hybridized carbons (Fsp3) is 0.574. The van der Waals surface area contributed by atoms with E-state index in [1.807, 2.05) is 79.7 Å². The van der Waals surface area contributed by atoms with Crippen molar-refractivity contribution in [2.24, 2.45) is 10.2 Å². The molecule has 0 bridgehead atoms. The van der Waals surface area contributed by atoms with Crippen molar-refractivity contribution in [1.82, 2.24) is 15.4 Å². The number of hydrogen-bond acceptors (Lipinski definition) is 15. The lowest BCUT2D eigenvalue weighted by atomic mass is 9.82. The van der Waals surface area contributed by atoms with Gasteiger partial charge in [-0.15, -0.1) is 0 Å². The van der Waals surface area contributed by atoms with E-state index in [9.17, 15) is 24.9 Å². The standard InChI is InChI=1S/C32H45N3O3.C12H16N4O4.C9H19NO.C8H8/c1-30(2)18-12-19-31(3,4)35(30)38-21-17-28(26-13-8-6-9-14-26)23-29(27-15-10-7-11-16-27)34-32(5,24-33)20-22-37-25-36;1-11(7-13,4-3-10(18)19)15-16-12(2,8-14)5-6-20-9-17;1-8(2)6-5-7-9(3,4)10(8)11;1-2-8-6-4-3-5-7-8/h6-11,13-16,25,28-29,34H,12,17-23H2,1-5H3;9H,3-6H2,1-2H3,(H,18,19);11H,5-7H2,1-4H3;2-7H,1H2. The Labute approximate surface area is 460 Å². The quantitative estimate of drug-likeness (QED) is 0.0430. The average Bonchev–Trinajstić information content (AvgIpc) is 3.40. The van der Waals surface area contributed by atoms with Crippen LogP contribution < -0.4 is 5.32 Å². The van der Waals surface area contributed by atoms with Gasteiger partial charge < -0.3 is 19.8 Å². The van der Waals surface area contributed by atoms with E-state index >= 15 is 0 Å². The summed E-state index contributed by atoms with van der Waals surface area (Å²) in [7, 11) is 0. The number of nitrogens with one attached hydrogen (secondary N) is 1. The predicted molar refractivity (Wildman–Crippen MR) is 300 cm³/mol. The van der Waals surface area contributed by atoms with E-state index in [1.165, 1.54) is 42.9 Å². The van der Waals surface area contributed by atoms with Crippen LogP contribution in [0.4, 0.5) is 0 Å². The summed E-state index contributed by atoms with van der Waals surface area (Å²) in [6.45, 7) is 27.4. The zero-order valence-electron chi connectivity index (χ0n) is 47.8. The predicted octanol–water partition coefficient (Wildman–Crippen LogP) is 12.9.